The lowest BCUT2D eigenvalue weighted by molar-refractivity contribution is 0.902. The van der Waals surface area contributed by atoms with Crippen LogP contribution in [0.15, 0.2) is 37.0 Å². The minimum atomic E-state index is 1.15. The predicted octanol–water partition coefficient (Wildman–Crippen LogP) is 7.71. The Morgan fingerprint density at radius 1 is 0.895 bits per heavy atom. The van der Waals surface area contributed by atoms with Crippen molar-refractivity contribution < 1.29 is 0 Å². The second-order valence-electron chi connectivity index (χ2n) is 3.76. The first-order valence-corrected chi connectivity index (χ1v) is 8.63. The minimum Gasteiger partial charge on any atom is -0.103 e. The molecule has 0 spiro atoms. The van der Waals surface area contributed by atoms with Gasteiger partial charge in [0, 0.05) is 5.33 Å². The van der Waals surface area contributed by atoms with Crippen LogP contribution in [0, 0.1) is 0 Å². The summed E-state index contributed by atoms with van der Waals surface area (Å²) in [7, 11) is 0. The van der Waals surface area contributed by atoms with E-state index in [0.29, 0.717) is 0 Å². The molecule has 0 heterocycles. The molecule has 0 aromatic rings. The normalized spacial score (nSPS) is 8.79. The van der Waals surface area contributed by atoms with Gasteiger partial charge in [0.05, 0.1) is 0 Å². The second-order valence-corrected chi connectivity index (χ2v) is 4.56. The molecule has 19 heavy (non-hydrogen) atoms. The van der Waals surface area contributed by atoms with E-state index in [4.69, 9.17) is 0 Å². The Morgan fingerprint density at radius 2 is 1.42 bits per heavy atom. The topological polar surface area (TPSA) is 0 Å². The van der Waals surface area contributed by atoms with Crippen LogP contribution in [0.3, 0.4) is 0 Å². The molecule has 0 radical (unpaired) electrons. The molecule has 0 saturated heterocycles. The van der Waals surface area contributed by atoms with Gasteiger partial charge in [0.15, 0.2) is 0 Å². The zero-order chi connectivity index (χ0) is 15.8. The molecule has 0 aliphatic rings. The smallest absolute Gasteiger partial charge is 0.00312 e. The first-order chi connectivity index (χ1) is 9.16. The number of rotatable bonds is 5. The van der Waals surface area contributed by atoms with Crippen LogP contribution in [-0.4, -0.2) is 5.33 Å². The van der Waals surface area contributed by atoms with Crippen molar-refractivity contribution >= 4 is 15.9 Å². The molecule has 0 saturated carbocycles. The number of unbranched alkanes of at least 4 members (excludes halogenated alkanes) is 2. The largest absolute Gasteiger partial charge is 0.103 e. The van der Waals surface area contributed by atoms with E-state index in [0.717, 1.165) is 18.2 Å². The van der Waals surface area contributed by atoms with Crippen molar-refractivity contribution in [1.82, 2.24) is 0 Å². The maximum absolute atomic E-state index is 3.55. The highest BCUT2D eigenvalue weighted by atomic mass is 79.9. The number of hydrogen-bond donors (Lipinski definition) is 0. The zero-order valence-corrected chi connectivity index (χ0v) is 15.8. The molecule has 0 nitrogen and oxygen atoms in total. The summed E-state index contributed by atoms with van der Waals surface area (Å²) in [6.45, 7) is 16.0. The summed E-state index contributed by atoms with van der Waals surface area (Å²) < 4.78 is 0. The van der Waals surface area contributed by atoms with Gasteiger partial charge < -0.3 is 0 Å². The summed E-state index contributed by atoms with van der Waals surface area (Å²) in [5.74, 6) is 0. The maximum Gasteiger partial charge on any atom is 0.00312 e. The third-order valence-electron chi connectivity index (χ3n) is 1.78. The molecule has 0 aromatic carbocycles. The Labute approximate surface area is 132 Å². The van der Waals surface area contributed by atoms with Gasteiger partial charge >= 0.3 is 0 Å². The summed E-state index contributed by atoms with van der Waals surface area (Å²) in [6, 6.07) is 0. The van der Waals surface area contributed by atoms with Gasteiger partial charge in [-0.05, 0) is 40.0 Å². The van der Waals surface area contributed by atoms with Crippen LogP contribution in [-0.2, 0) is 0 Å². The van der Waals surface area contributed by atoms with Crippen LogP contribution < -0.4 is 0 Å². The van der Waals surface area contributed by atoms with Crippen molar-refractivity contribution in [2.75, 3.05) is 5.33 Å². The third-order valence-corrected chi connectivity index (χ3v) is 2.35. The molecular formula is C18H37Br. The molecule has 0 rings (SSSR count). The second kappa shape index (κ2) is 43.1. The Balaban J connectivity index is -0.0000000793. The Bertz CT molecular complexity index is 151. The average Bonchev–Trinajstić information content (AvgIpc) is 2.43. The molecule has 0 aliphatic carbocycles. The molecule has 116 valence electrons. The monoisotopic (exact) mass is 332 g/mol. The van der Waals surface area contributed by atoms with E-state index in [1.807, 2.05) is 39.0 Å². The van der Waals surface area contributed by atoms with Gasteiger partial charge in [0.25, 0.3) is 0 Å². The molecule has 1 heteroatoms. The lowest BCUT2D eigenvalue weighted by Crippen LogP contribution is -1.64. The Hall–Kier alpha value is -0.300. The molecule has 0 atom stereocenters. The van der Waals surface area contributed by atoms with Crippen molar-refractivity contribution in [2.45, 2.75) is 73.6 Å². The minimum absolute atomic E-state index is 1.15. The van der Waals surface area contributed by atoms with Crippen LogP contribution in [0.25, 0.3) is 0 Å². The van der Waals surface area contributed by atoms with E-state index in [1.54, 1.807) is 0 Å². The number of hydrogen-bond acceptors (Lipinski definition) is 0. The summed E-state index contributed by atoms with van der Waals surface area (Å²) in [6.07, 6.45) is 16.3. The average molecular weight is 333 g/mol. The van der Waals surface area contributed by atoms with Crippen LogP contribution in [0.1, 0.15) is 73.6 Å². The molecule has 0 aliphatic heterocycles. The first kappa shape index (κ1) is 27.1. The lowest BCUT2D eigenvalue weighted by Gasteiger charge is -1.77. The van der Waals surface area contributed by atoms with Crippen molar-refractivity contribution in [3.05, 3.63) is 37.0 Å². The van der Waals surface area contributed by atoms with Crippen LogP contribution in [0.5, 0.6) is 0 Å². The fraction of sp³-hybridized carbons (Fsp3) is 0.667. The van der Waals surface area contributed by atoms with Crippen LogP contribution in [0.2, 0.25) is 0 Å². The fourth-order valence-corrected chi connectivity index (χ4v) is 1.13. The zero-order valence-electron chi connectivity index (χ0n) is 14.2. The van der Waals surface area contributed by atoms with E-state index >= 15 is 0 Å². The van der Waals surface area contributed by atoms with E-state index in [2.05, 4.69) is 55.4 Å². The summed E-state index contributed by atoms with van der Waals surface area (Å²) in [5.41, 5.74) is 0. The molecule has 0 unspecified atom stereocenters. The van der Waals surface area contributed by atoms with Gasteiger partial charge in [-0.15, -0.1) is 6.58 Å². The lowest BCUT2D eigenvalue weighted by atomic mass is 10.3. The van der Waals surface area contributed by atoms with E-state index in [-0.39, 0.29) is 0 Å². The molecule has 0 fully saturated rings. The van der Waals surface area contributed by atoms with E-state index in [9.17, 15) is 0 Å². The van der Waals surface area contributed by atoms with Crippen LogP contribution >= 0.6 is 15.9 Å². The quantitative estimate of drug-likeness (QED) is 0.357. The van der Waals surface area contributed by atoms with Crippen molar-refractivity contribution in [3.63, 3.8) is 0 Å². The molecule has 0 bridgehead atoms. The summed E-state index contributed by atoms with van der Waals surface area (Å²) >= 11 is 3.31. The molecular weight excluding hydrogens is 296 g/mol. The highest BCUT2D eigenvalue weighted by Crippen LogP contribution is 1.89. The molecule has 0 amide bonds. The van der Waals surface area contributed by atoms with Crippen molar-refractivity contribution in [1.29, 1.82) is 0 Å². The number of alkyl halides is 1. The maximum atomic E-state index is 3.55. The summed E-state index contributed by atoms with van der Waals surface area (Å²) in [4.78, 5) is 0. The Morgan fingerprint density at radius 3 is 1.42 bits per heavy atom. The number of allylic oxidation sites excluding steroid dienone is 5. The van der Waals surface area contributed by atoms with Gasteiger partial charge in [-0.1, -0.05) is 79.9 Å². The molecule has 0 aromatic heterocycles. The van der Waals surface area contributed by atoms with Gasteiger partial charge in [0.1, 0.15) is 0 Å². The van der Waals surface area contributed by atoms with Crippen molar-refractivity contribution in [2.24, 2.45) is 0 Å². The summed E-state index contributed by atoms with van der Waals surface area (Å²) in [5, 5.41) is 1.16. The third kappa shape index (κ3) is 97.2. The Kier molecular flexibility index (Phi) is 61.5. The highest BCUT2D eigenvalue weighted by molar-refractivity contribution is 9.09. The van der Waals surface area contributed by atoms with Crippen molar-refractivity contribution in [3.8, 4) is 0 Å². The van der Waals surface area contributed by atoms with Gasteiger partial charge in [-0.25, -0.2) is 0 Å². The predicted molar refractivity (Wildman–Crippen MR) is 99.4 cm³/mol. The highest BCUT2D eigenvalue weighted by Gasteiger charge is 1.69. The molecule has 0 N–H and O–H groups in total. The SMILES string of the molecule is C/C=C\C.C/C=C\CC.C=CCCC.CCCCBr. The van der Waals surface area contributed by atoms with Gasteiger partial charge in [0.2, 0.25) is 0 Å². The van der Waals surface area contributed by atoms with E-state index < -0.39 is 0 Å². The van der Waals surface area contributed by atoms with E-state index in [1.165, 1.54) is 19.3 Å². The first-order valence-electron chi connectivity index (χ1n) is 7.51. The van der Waals surface area contributed by atoms with Crippen LogP contribution in [0.4, 0.5) is 0 Å². The van der Waals surface area contributed by atoms with Gasteiger partial charge in [-0.3, -0.25) is 0 Å². The standard InChI is InChI=1S/2C5H10.C4H9Br.C4H8/c2*1-3-5-4-2;1-2-3-4-5;1-3-4-2/h3,5H,4H2,1-2H3;3H,1,4-5H2,2H3;2-4H2,1H3;3-4H,1-2H3/b5-3-;;;4-3-. The number of halogens is 1. The fourth-order valence-electron chi connectivity index (χ4n) is 0.573. The van der Waals surface area contributed by atoms with Gasteiger partial charge in [-0.2, -0.15) is 0 Å².